The van der Waals surface area contributed by atoms with E-state index in [1.807, 2.05) is 60.7 Å². The fraction of sp³-hybridized carbons (Fsp3) is 0.0303. The maximum absolute atomic E-state index is 12.1. The third kappa shape index (κ3) is 4.71. The molecule has 6 heteroatoms. The molecule has 0 spiro atoms. The van der Waals surface area contributed by atoms with Crippen LogP contribution in [0.3, 0.4) is 0 Å². The van der Waals surface area contributed by atoms with Gasteiger partial charge in [0.2, 0.25) is 0 Å². The highest BCUT2D eigenvalue weighted by molar-refractivity contribution is 6.22. The average Bonchev–Trinajstić information content (AvgIpc) is 2.94. The molecule has 0 atom stereocenters. The lowest BCUT2D eigenvalue weighted by atomic mass is 9.91. The van der Waals surface area contributed by atoms with Crippen LogP contribution in [0.2, 0.25) is 0 Å². The summed E-state index contributed by atoms with van der Waals surface area (Å²) in [6.45, 7) is 8.47. The third-order valence-corrected chi connectivity index (χ3v) is 6.32. The fourth-order valence-corrected chi connectivity index (χ4v) is 4.56. The second-order valence-corrected chi connectivity index (χ2v) is 8.96. The summed E-state index contributed by atoms with van der Waals surface area (Å²) in [5.74, 6) is -0.850. The predicted molar refractivity (Wildman–Crippen MR) is 150 cm³/mol. The lowest BCUT2D eigenvalue weighted by Crippen LogP contribution is -2.11. The van der Waals surface area contributed by atoms with Gasteiger partial charge in [-0.05, 0) is 17.7 Å². The van der Waals surface area contributed by atoms with Crippen LogP contribution >= 0.6 is 0 Å². The Bertz CT molecular complexity index is 1810. The standard InChI is InChI=1S/C17H12O3.C16H10O3/c1-10(2)17(19)20-15-9-14(18)12-7-3-5-11-6-4-8-13(15)16(11)12;1-2-15(18)19-14-9-13(17)11-7-3-5-10-6-4-8-12(14)16(10)11/h3-9H,1H2,2H3;2-9H,1H2. The molecule has 0 bridgehead atoms. The quantitative estimate of drug-likeness (QED) is 0.225. The van der Waals surface area contributed by atoms with Crippen molar-refractivity contribution in [2.75, 3.05) is 0 Å². The van der Waals surface area contributed by atoms with Gasteiger partial charge in [-0.2, -0.15) is 0 Å². The molecule has 6 nitrogen and oxygen atoms in total. The first kappa shape index (κ1) is 25.3. The van der Waals surface area contributed by atoms with Gasteiger partial charge in [0.1, 0.15) is 11.5 Å². The zero-order chi connectivity index (χ0) is 27.7. The number of ether oxygens (including phenoxy) is 2. The number of carbonyl (C=O) groups is 4. The molecule has 2 aliphatic rings. The van der Waals surface area contributed by atoms with Crippen molar-refractivity contribution >= 4 is 56.6 Å². The highest BCUT2D eigenvalue weighted by Gasteiger charge is 2.23. The average molecular weight is 515 g/mol. The van der Waals surface area contributed by atoms with Gasteiger partial charge < -0.3 is 9.47 Å². The smallest absolute Gasteiger partial charge is 0.338 e. The maximum Gasteiger partial charge on any atom is 0.338 e. The van der Waals surface area contributed by atoms with Crippen molar-refractivity contribution in [1.82, 2.24) is 0 Å². The number of hydrogen-bond acceptors (Lipinski definition) is 6. The van der Waals surface area contributed by atoms with Crippen LogP contribution < -0.4 is 0 Å². The van der Waals surface area contributed by atoms with Crippen LogP contribution in [0.25, 0.3) is 33.1 Å². The second-order valence-electron chi connectivity index (χ2n) is 8.96. The summed E-state index contributed by atoms with van der Waals surface area (Å²) in [6.07, 6.45) is 3.78. The molecule has 0 saturated heterocycles. The zero-order valence-corrected chi connectivity index (χ0v) is 21.0. The topological polar surface area (TPSA) is 86.7 Å². The Balaban J connectivity index is 0.000000158. The number of rotatable bonds is 4. The van der Waals surface area contributed by atoms with Crippen molar-refractivity contribution in [3.05, 3.63) is 132 Å². The Labute approximate surface area is 224 Å². The molecule has 0 unspecified atom stereocenters. The highest BCUT2D eigenvalue weighted by atomic mass is 16.5. The van der Waals surface area contributed by atoms with Gasteiger partial charge in [-0.3, -0.25) is 9.59 Å². The van der Waals surface area contributed by atoms with Gasteiger partial charge in [-0.25, -0.2) is 9.59 Å². The molecule has 0 heterocycles. The summed E-state index contributed by atoms with van der Waals surface area (Å²) in [7, 11) is 0. The molecule has 0 amide bonds. The monoisotopic (exact) mass is 514 g/mol. The molecular weight excluding hydrogens is 492 g/mol. The highest BCUT2D eigenvalue weighted by Crippen LogP contribution is 2.35. The molecule has 6 rings (SSSR count). The molecule has 0 N–H and O–H groups in total. The van der Waals surface area contributed by atoms with Crippen LogP contribution in [-0.2, 0) is 19.1 Å². The van der Waals surface area contributed by atoms with Gasteiger partial charge >= 0.3 is 11.9 Å². The van der Waals surface area contributed by atoms with Crippen molar-refractivity contribution in [3.8, 4) is 0 Å². The number of esters is 2. The minimum absolute atomic E-state index is 0.154. The summed E-state index contributed by atoms with van der Waals surface area (Å²) >= 11 is 0. The van der Waals surface area contributed by atoms with Crippen LogP contribution in [0.1, 0.15) is 38.8 Å². The molecule has 0 aliphatic heterocycles. The number of carbonyl (C=O) groups excluding carboxylic acids is 4. The van der Waals surface area contributed by atoms with Gasteiger partial charge in [-0.1, -0.05) is 86.0 Å². The van der Waals surface area contributed by atoms with Gasteiger partial charge in [0.15, 0.2) is 11.6 Å². The molecule has 190 valence electrons. The van der Waals surface area contributed by atoms with Crippen molar-refractivity contribution in [1.29, 1.82) is 0 Å². The first-order valence-electron chi connectivity index (χ1n) is 12.1. The first-order valence-corrected chi connectivity index (χ1v) is 12.1. The molecule has 4 aromatic carbocycles. The number of benzene rings is 4. The minimum Gasteiger partial charge on any atom is -0.423 e. The van der Waals surface area contributed by atoms with Crippen molar-refractivity contribution in [2.45, 2.75) is 6.92 Å². The molecule has 0 fully saturated rings. The molecule has 0 aromatic heterocycles. The normalized spacial score (nSPS) is 13.1. The van der Waals surface area contributed by atoms with E-state index < -0.39 is 11.9 Å². The summed E-state index contributed by atoms with van der Waals surface area (Å²) in [6, 6.07) is 22.4. The van der Waals surface area contributed by atoms with Gasteiger partial charge in [0.05, 0.1) is 0 Å². The summed E-state index contributed by atoms with van der Waals surface area (Å²) in [5.41, 5.74) is 3.07. The first-order chi connectivity index (χ1) is 18.8. The Morgan fingerprint density at radius 1 is 0.667 bits per heavy atom. The van der Waals surface area contributed by atoms with Crippen LogP contribution in [0.4, 0.5) is 0 Å². The van der Waals surface area contributed by atoms with E-state index in [1.54, 1.807) is 19.1 Å². The SMILES string of the molecule is C=C(C)C(=O)OC1=CC(=O)c2cccc3cccc1c23.C=CC(=O)OC1=CC(=O)c2cccc3cccc1c23. The Morgan fingerprint density at radius 2 is 1.08 bits per heavy atom. The van der Waals surface area contributed by atoms with E-state index in [1.165, 1.54) is 12.2 Å². The molecule has 0 radical (unpaired) electrons. The Morgan fingerprint density at radius 3 is 1.49 bits per heavy atom. The maximum atomic E-state index is 12.1. The van der Waals surface area contributed by atoms with E-state index >= 15 is 0 Å². The Kier molecular flexibility index (Phi) is 6.61. The summed E-state index contributed by atoms with van der Waals surface area (Å²) < 4.78 is 10.4. The van der Waals surface area contributed by atoms with E-state index in [0.717, 1.165) is 38.7 Å². The molecule has 39 heavy (non-hydrogen) atoms. The van der Waals surface area contributed by atoms with Gasteiger partial charge in [0.25, 0.3) is 0 Å². The molecule has 2 aliphatic carbocycles. The van der Waals surface area contributed by atoms with Crippen LogP contribution in [0.15, 0.2) is 110 Å². The van der Waals surface area contributed by atoms with E-state index in [9.17, 15) is 19.2 Å². The summed E-state index contributed by atoms with van der Waals surface area (Å²) in [4.78, 5) is 47.2. The van der Waals surface area contributed by atoms with E-state index in [0.29, 0.717) is 16.7 Å². The van der Waals surface area contributed by atoms with Gasteiger partial charge in [-0.15, -0.1) is 0 Å². The molecule has 0 saturated carbocycles. The van der Waals surface area contributed by atoms with E-state index in [2.05, 4.69) is 13.2 Å². The van der Waals surface area contributed by atoms with Crippen LogP contribution in [0.5, 0.6) is 0 Å². The zero-order valence-electron chi connectivity index (χ0n) is 21.0. The Hall–Kier alpha value is -5.36. The number of hydrogen-bond donors (Lipinski definition) is 0. The van der Waals surface area contributed by atoms with E-state index in [-0.39, 0.29) is 23.1 Å². The van der Waals surface area contributed by atoms with Gasteiger partial charge in [0, 0.05) is 56.8 Å². The fourth-order valence-electron chi connectivity index (χ4n) is 4.56. The van der Waals surface area contributed by atoms with Crippen LogP contribution in [-0.4, -0.2) is 23.5 Å². The van der Waals surface area contributed by atoms with E-state index in [4.69, 9.17) is 9.47 Å². The summed E-state index contributed by atoms with van der Waals surface area (Å²) in [5, 5.41) is 3.55. The molecule has 4 aromatic rings. The lowest BCUT2D eigenvalue weighted by molar-refractivity contribution is -0.132. The largest absolute Gasteiger partial charge is 0.423 e. The number of ketones is 2. The minimum atomic E-state index is -0.574. The molecular formula is C33H22O6. The van der Waals surface area contributed by atoms with Crippen molar-refractivity contribution in [3.63, 3.8) is 0 Å². The third-order valence-electron chi connectivity index (χ3n) is 6.32. The van der Waals surface area contributed by atoms with Crippen molar-refractivity contribution in [2.24, 2.45) is 0 Å². The van der Waals surface area contributed by atoms with Crippen LogP contribution in [0, 0.1) is 0 Å². The second kappa shape index (κ2) is 10.2. The van der Waals surface area contributed by atoms with Crippen molar-refractivity contribution < 1.29 is 28.7 Å². The number of allylic oxidation sites excluding steroid dienone is 2. The predicted octanol–water partition coefficient (Wildman–Crippen LogP) is 6.60. The lowest BCUT2D eigenvalue weighted by Gasteiger charge is -2.17.